The van der Waals surface area contributed by atoms with Crippen LogP contribution in [0.2, 0.25) is 0 Å². The van der Waals surface area contributed by atoms with Gasteiger partial charge in [0.05, 0.1) is 36.6 Å². The first-order valence-corrected chi connectivity index (χ1v) is 24.2. The number of rotatable bonds is 15. The lowest BCUT2D eigenvalue weighted by Gasteiger charge is -2.35. The molecule has 2 aromatic carbocycles. The maximum atomic E-state index is 15.8. The number of likely N-dealkylation sites (tertiary alicyclic amines) is 2. The molecule has 2 saturated heterocycles. The van der Waals surface area contributed by atoms with E-state index in [2.05, 4.69) is 31.2 Å². The molecule has 16 heteroatoms. The van der Waals surface area contributed by atoms with Crippen LogP contribution >= 0.6 is 0 Å². The number of fused-ring (bicyclic) bond motifs is 2. The van der Waals surface area contributed by atoms with Crippen LogP contribution in [0.15, 0.2) is 36.4 Å². The number of nitrogens with one attached hydrogen (secondary N) is 6. The van der Waals surface area contributed by atoms with Crippen LogP contribution in [0.3, 0.4) is 0 Å². The minimum atomic E-state index is -1.32. The van der Waals surface area contributed by atoms with Crippen LogP contribution in [0.1, 0.15) is 102 Å². The molecule has 4 aromatic rings. The van der Waals surface area contributed by atoms with E-state index in [-0.39, 0.29) is 74.2 Å². The SMILES string of the molecule is CN[C@@H](C)C(=O)N[C@H](C(=O)N1C[C@@H](F)C[C@H]1Cc1c(-c2[nH]c3cc(F)ccc3c2C[C@@H]2C[C@H](F)CN2C(=O)[C@@H](NC(=O)[C@H](C)NC)C2CCCCC2)[nH]c2cc(F)ccc12)C1CCCCC1. The quantitative estimate of drug-likeness (QED) is 0.0714. The van der Waals surface area contributed by atoms with Crippen LogP contribution in [0.25, 0.3) is 33.2 Å². The van der Waals surface area contributed by atoms with Gasteiger partial charge in [-0.3, -0.25) is 19.2 Å². The van der Waals surface area contributed by atoms with Gasteiger partial charge in [-0.15, -0.1) is 0 Å². The summed E-state index contributed by atoms with van der Waals surface area (Å²) in [5.41, 5.74) is 3.33. The van der Waals surface area contributed by atoms with Crippen molar-refractivity contribution in [1.29, 1.82) is 0 Å². The standard InChI is InChI=1S/C50H66F4N8O4/c1-27(55-3)47(63)59-43(29-11-7-5-8-12-29)49(65)61-25-33(53)19-35(61)23-39-37-17-15-31(51)21-41(37)57-45(39)46-40(38-18-16-32(52)22-42(38)58-46)24-36-20-34(54)26-62(36)50(66)44(30-13-9-6-10-14-30)60-48(64)28(2)56-4/h15-18,21-22,27-30,33-36,43-44,55-58H,5-14,19-20,23-26H2,1-4H3,(H,59,63)(H,60,64)/t27-,28-,33-,34-,35-,36-,43-,44-/m0/s1. The second-order valence-corrected chi connectivity index (χ2v) is 19.5. The predicted octanol–water partition coefficient (Wildman–Crippen LogP) is 6.90. The molecule has 0 unspecified atom stereocenters. The molecule has 0 bridgehead atoms. The molecule has 8 atom stereocenters. The fourth-order valence-corrected chi connectivity index (χ4v) is 11.3. The molecule has 66 heavy (non-hydrogen) atoms. The van der Waals surface area contributed by atoms with Crippen LogP contribution in [-0.4, -0.2) is 119 Å². The summed E-state index contributed by atoms with van der Waals surface area (Å²) >= 11 is 0. The van der Waals surface area contributed by atoms with Crippen molar-refractivity contribution >= 4 is 45.4 Å². The second kappa shape index (κ2) is 20.5. The van der Waals surface area contributed by atoms with Crippen molar-refractivity contribution in [3.63, 3.8) is 0 Å². The van der Waals surface area contributed by atoms with Crippen LogP contribution in [-0.2, 0) is 32.0 Å². The molecule has 2 aliphatic carbocycles. The fraction of sp³-hybridized carbons (Fsp3) is 0.600. The van der Waals surface area contributed by atoms with Gasteiger partial charge in [0.1, 0.15) is 36.1 Å². The summed E-state index contributed by atoms with van der Waals surface area (Å²) in [5.74, 6) is -2.44. The fourth-order valence-electron chi connectivity index (χ4n) is 11.3. The van der Waals surface area contributed by atoms with Crippen molar-refractivity contribution in [2.75, 3.05) is 27.2 Å². The van der Waals surface area contributed by atoms with Crippen molar-refractivity contribution in [1.82, 2.24) is 41.0 Å². The van der Waals surface area contributed by atoms with Gasteiger partial charge in [-0.05, 0) is 126 Å². The normalized spacial score (nSPS) is 23.9. The van der Waals surface area contributed by atoms with E-state index >= 15 is 17.6 Å². The van der Waals surface area contributed by atoms with E-state index < -0.39 is 60.2 Å². The van der Waals surface area contributed by atoms with E-state index in [1.807, 2.05) is 0 Å². The number of aromatic nitrogens is 2. The summed E-state index contributed by atoms with van der Waals surface area (Å²) in [6.07, 6.45) is 6.67. The molecular weight excluding hydrogens is 853 g/mol. The number of hydrogen-bond acceptors (Lipinski definition) is 6. The Kier molecular flexibility index (Phi) is 14.8. The molecule has 8 rings (SSSR count). The molecule has 4 aliphatic rings. The zero-order chi connectivity index (χ0) is 46.8. The zero-order valence-corrected chi connectivity index (χ0v) is 38.6. The number of hydrogen-bond donors (Lipinski definition) is 6. The van der Waals surface area contributed by atoms with Crippen molar-refractivity contribution in [3.8, 4) is 11.4 Å². The summed E-state index contributed by atoms with van der Waals surface area (Å²) in [6.45, 7) is 3.17. The number of carbonyl (C=O) groups excluding carboxylic acids is 4. The molecule has 2 saturated carbocycles. The third-order valence-corrected chi connectivity index (χ3v) is 15.2. The lowest BCUT2D eigenvalue weighted by molar-refractivity contribution is -0.139. The molecule has 4 amide bonds. The van der Waals surface area contributed by atoms with Crippen LogP contribution < -0.4 is 21.3 Å². The Morgan fingerprint density at radius 2 is 1.00 bits per heavy atom. The lowest BCUT2D eigenvalue weighted by atomic mass is 9.83. The molecule has 2 aromatic heterocycles. The van der Waals surface area contributed by atoms with Crippen molar-refractivity contribution in [2.24, 2.45) is 11.8 Å². The van der Waals surface area contributed by atoms with Gasteiger partial charge in [0.15, 0.2) is 0 Å². The third kappa shape index (κ3) is 10.00. The average Bonchev–Trinajstić information content (AvgIpc) is 4.08. The maximum Gasteiger partial charge on any atom is 0.245 e. The first-order valence-electron chi connectivity index (χ1n) is 24.2. The Labute approximate surface area is 384 Å². The van der Waals surface area contributed by atoms with Gasteiger partial charge in [0.2, 0.25) is 23.6 Å². The Bertz CT molecular complexity index is 2230. The Morgan fingerprint density at radius 1 is 0.621 bits per heavy atom. The first kappa shape index (κ1) is 47.5. The number of halogens is 4. The Hall–Kier alpha value is -4.96. The minimum absolute atomic E-state index is 0.0465. The summed E-state index contributed by atoms with van der Waals surface area (Å²) in [6, 6.07) is 4.74. The van der Waals surface area contributed by atoms with Gasteiger partial charge in [0, 0.05) is 46.7 Å². The third-order valence-electron chi connectivity index (χ3n) is 15.2. The second-order valence-electron chi connectivity index (χ2n) is 19.5. The average molecular weight is 919 g/mol. The van der Waals surface area contributed by atoms with Gasteiger partial charge in [-0.25, -0.2) is 17.6 Å². The highest BCUT2D eigenvalue weighted by atomic mass is 19.1. The summed E-state index contributed by atoms with van der Waals surface area (Å²) in [5, 5.41) is 13.2. The minimum Gasteiger partial charge on any atom is -0.353 e. The Balaban J connectivity index is 1.17. The number of aromatic amines is 2. The summed E-state index contributed by atoms with van der Waals surface area (Å²) < 4.78 is 61.6. The van der Waals surface area contributed by atoms with Gasteiger partial charge in [0.25, 0.3) is 0 Å². The Morgan fingerprint density at radius 3 is 1.36 bits per heavy atom. The van der Waals surface area contributed by atoms with Crippen molar-refractivity contribution in [3.05, 3.63) is 59.2 Å². The first-order chi connectivity index (χ1) is 31.7. The van der Waals surface area contributed by atoms with E-state index in [9.17, 15) is 19.2 Å². The smallest absolute Gasteiger partial charge is 0.245 e. The van der Waals surface area contributed by atoms with Gasteiger partial charge in [-0.1, -0.05) is 38.5 Å². The van der Waals surface area contributed by atoms with E-state index in [4.69, 9.17) is 0 Å². The number of alkyl halides is 2. The molecular formula is C50H66F4N8O4. The molecule has 2 aliphatic heterocycles. The molecule has 358 valence electrons. The van der Waals surface area contributed by atoms with E-state index in [1.165, 1.54) is 24.3 Å². The zero-order valence-electron chi connectivity index (χ0n) is 38.6. The van der Waals surface area contributed by atoms with Gasteiger partial charge in [-0.2, -0.15) is 0 Å². The van der Waals surface area contributed by atoms with Crippen LogP contribution in [0, 0.1) is 23.5 Å². The van der Waals surface area contributed by atoms with E-state index in [1.54, 1.807) is 49.9 Å². The van der Waals surface area contributed by atoms with Crippen molar-refractivity contribution < 1.29 is 36.7 Å². The number of carbonyl (C=O) groups is 4. The van der Waals surface area contributed by atoms with E-state index in [0.717, 1.165) is 64.2 Å². The van der Waals surface area contributed by atoms with Crippen LogP contribution in [0.4, 0.5) is 17.6 Å². The van der Waals surface area contributed by atoms with Crippen molar-refractivity contribution in [2.45, 2.75) is 152 Å². The molecule has 4 heterocycles. The monoisotopic (exact) mass is 919 g/mol. The number of amides is 4. The lowest BCUT2D eigenvalue weighted by Crippen LogP contribution is -2.56. The molecule has 6 N–H and O–H groups in total. The van der Waals surface area contributed by atoms with Crippen LogP contribution in [0.5, 0.6) is 0 Å². The highest BCUT2D eigenvalue weighted by Gasteiger charge is 2.44. The number of nitrogens with zero attached hydrogens (tertiary/aromatic N) is 2. The summed E-state index contributed by atoms with van der Waals surface area (Å²) in [7, 11) is 3.35. The van der Waals surface area contributed by atoms with Gasteiger partial charge < -0.3 is 41.0 Å². The number of benzene rings is 2. The highest BCUT2D eigenvalue weighted by Crippen LogP contribution is 2.41. The maximum absolute atomic E-state index is 15.8. The molecule has 4 fully saturated rings. The topological polar surface area (TPSA) is 154 Å². The number of H-pyrrole nitrogens is 2. The van der Waals surface area contributed by atoms with E-state index in [0.29, 0.717) is 44.3 Å². The molecule has 12 nitrogen and oxygen atoms in total. The summed E-state index contributed by atoms with van der Waals surface area (Å²) in [4.78, 5) is 66.0. The predicted molar refractivity (Wildman–Crippen MR) is 247 cm³/mol. The molecule has 0 spiro atoms. The largest absolute Gasteiger partial charge is 0.353 e. The molecule has 0 radical (unpaired) electrons. The number of likely N-dealkylation sites (N-methyl/N-ethyl adjacent to an activating group) is 2. The highest BCUT2D eigenvalue weighted by molar-refractivity contribution is 5.97. The van der Waals surface area contributed by atoms with Gasteiger partial charge >= 0.3 is 0 Å².